The van der Waals surface area contributed by atoms with Gasteiger partial charge in [0.15, 0.2) is 5.78 Å². The molecule has 182 valence electrons. The van der Waals surface area contributed by atoms with Crippen molar-refractivity contribution in [1.29, 1.82) is 0 Å². The van der Waals surface area contributed by atoms with Gasteiger partial charge in [0.1, 0.15) is 5.60 Å². The van der Waals surface area contributed by atoms with E-state index in [4.69, 9.17) is 4.74 Å². The quantitative estimate of drug-likeness (QED) is 0.380. The van der Waals surface area contributed by atoms with Gasteiger partial charge in [-0.15, -0.1) is 0 Å². The van der Waals surface area contributed by atoms with E-state index in [9.17, 15) is 19.5 Å². The Morgan fingerprint density at radius 3 is 2.36 bits per heavy atom. The number of carboxylic acid groups (broad SMARTS) is 1. The van der Waals surface area contributed by atoms with E-state index in [1.807, 2.05) is 12.1 Å². The molecule has 8 nitrogen and oxygen atoms in total. The predicted molar refractivity (Wildman–Crippen MR) is 128 cm³/mol. The fraction of sp³-hybridized carbons (Fsp3) is 0.600. The molecule has 33 heavy (non-hydrogen) atoms. The fourth-order valence-electron chi connectivity index (χ4n) is 3.91. The molecule has 2 amide bonds. The molecular formula is C25H37N3O5. The molecule has 0 aromatic heterocycles. The Hall–Kier alpha value is -2.90. The first kappa shape index (κ1) is 26.4. The lowest BCUT2D eigenvalue weighted by Gasteiger charge is -2.33. The first-order valence-electron chi connectivity index (χ1n) is 11.2. The molecule has 0 spiro atoms. The highest BCUT2D eigenvalue weighted by Gasteiger charge is 2.34. The molecule has 2 rings (SSSR count). The minimum atomic E-state index is -0.922. The first-order valence-corrected chi connectivity index (χ1v) is 11.2. The second-order valence-electron chi connectivity index (χ2n) is 10.7. The van der Waals surface area contributed by atoms with Crippen LogP contribution in [0.5, 0.6) is 0 Å². The van der Waals surface area contributed by atoms with Crippen LogP contribution < -0.4 is 0 Å². The zero-order valence-corrected chi connectivity index (χ0v) is 21.1. The number of hydrogen-bond donors (Lipinski definition) is 1. The predicted octanol–water partition coefficient (Wildman–Crippen LogP) is 5.17. The molecule has 1 atom stereocenters. The Labute approximate surface area is 196 Å². The van der Waals surface area contributed by atoms with Gasteiger partial charge in [-0.1, -0.05) is 32.9 Å². The van der Waals surface area contributed by atoms with Gasteiger partial charge in [-0.05, 0) is 56.7 Å². The van der Waals surface area contributed by atoms with Gasteiger partial charge < -0.3 is 14.7 Å². The Kier molecular flexibility index (Phi) is 7.93. The number of carbonyl (C=O) groups is 3. The number of hydrazone groups is 1. The van der Waals surface area contributed by atoms with E-state index in [1.54, 1.807) is 33.8 Å². The summed E-state index contributed by atoms with van der Waals surface area (Å²) in [5.74, 6) is -0.0793. The second-order valence-corrected chi connectivity index (χ2v) is 10.7. The van der Waals surface area contributed by atoms with Gasteiger partial charge in [0, 0.05) is 37.3 Å². The van der Waals surface area contributed by atoms with E-state index in [0.717, 1.165) is 16.1 Å². The Balaban J connectivity index is 2.22. The normalized spacial score (nSPS) is 17.2. The van der Waals surface area contributed by atoms with Crippen LogP contribution >= 0.6 is 0 Å². The molecule has 0 bridgehead atoms. The Bertz CT molecular complexity index is 940. The van der Waals surface area contributed by atoms with Gasteiger partial charge in [0.05, 0.1) is 6.42 Å². The summed E-state index contributed by atoms with van der Waals surface area (Å²) in [6.07, 6.45) is -0.885. The van der Waals surface area contributed by atoms with Gasteiger partial charge in [-0.2, -0.15) is 5.10 Å². The van der Waals surface area contributed by atoms with E-state index in [2.05, 4.69) is 25.9 Å². The van der Waals surface area contributed by atoms with Crippen molar-refractivity contribution in [2.75, 3.05) is 20.1 Å². The maximum absolute atomic E-state index is 12.9. The summed E-state index contributed by atoms with van der Waals surface area (Å²) in [4.78, 5) is 38.2. The van der Waals surface area contributed by atoms with Crippen LogP contribution in [0.3, 0.4) is 0 Å². The number of hydrogen-bond acceptors (Lipinski definition) is 5. The highest BCUT2D eigenvalue weighted by atomic mass is 16.6. The third-order valence-corrected chi connectivity index (χ3v) is 5.61. The monoisotopic (exact) mass is 459 g/mol. The molecule has 1 aliphatic rings. The van der Waals surface area contributed by atoms with E-state index in [1.165, 1.54) is 11.9 Å². The molecule has 0 saturated heterocycles. The largest absolute Gasteiger partial charge is 0.465 e. The first-order chi connectivity index (χ1) is 15.1. The summed E-state index contributed by atoms with van der Waals surface area (Å²) in [5.41, 5.74) is 2.39. The molecular weight excluding hydrogens is 422 g/mol. The summed E-state index contributed by atoms with van der Waals surface area (Å²) in [7, 11) is 1.49. The average Bonchev–Trinajstić information content (AvgIpc) is 2.85. The van der Waals surface area contributed by atoms with Gasteiger partial charge in [-0.25, -0.2) is 14.6 Å². The van der Waals surface area contributed by atoms with Crippen molar-refractivity contribution in [1.82, 2.24) is 9.91 Å². The smallest absolute Gasteiger partial charge is 0.430 e. The number of ether oxygens (including phenoxy) is 1. The highest BCUT2D eigenvalue weighted by molar-refractivity contribution is 6.09. The summed E-state index contributed by atoms with van der Waals surface area (Å²) >= 11 is 0. The van der Waals surface area contributed by atoms with E-state index in [0.29, 0.717) is 30.8 Å². The number of amides is 2. The standard InChI is InChI=1S/C25H37N3O5/c1-16(26-27(8)23(32)33-25(5,6)7)13-21(29)18-9-10-19-17(14-18)11-12-28(22(30)31)15-20(19)24(2,3)4/h9-10,14,20H,11-13,15H2,1-8H3,(H,30,31)/b26-16-. The summed E-state index contributed by atoms with van der Waals surface area (Å²) < 4.78 is 5.28. The number of Topliss-reactive ketones (excluding diaryl/α,β-unsaturated/α-hetero) is 1. The van der Waals surface area contributed by atoms with E-state index >= 15 is 0 Å². The topological polar surface area (TPSA) is 99.5 Å². The van der Waals surface area contributed by atoms with Crippen LogP contribution in [0.25, 0.3) is 0 Å². The fourth-order valence-corrected chi connectivity index (χ4v) is 3.91. The van der Waals surface area contributed by atoms with Crippen LogP contribution in [0.15, 0.2) is 23.3 Å². The van der Waals surface area contributed by atoms with Gasteiger partial charge in [0.25, 0.3) is 0 Å². The van der Waals surface area contributed by atoms with Crippen LogP contribution in [-0.4, -0.2) is 64.4 Å². The van der Waals surface area contributed by atoms with Crippen molar-refractivity contribution >= 4 is 23.7 Å². The molecule has 1 unspecified atom stereocenters. The molecule has 1 aromatic carbocycles. The van der Waals surface area contributed by atoms with Crippen molar-refractivity contribution in [3.63, 3.8) is 0 Å². The molecule has 0 radical (unpaired) electrons. The lowest BCUT2D eigenvalue weighted by Crippen LogP contribution is -2.36. The highest BCUT2D eigenvalue weighted by Crippen LogP contribution is 2.39. The number of ketones is 1. The molecule has 1 aliphatic heterocycles. The number of carbonyl (C=O) groups excluding carboxylic acids is 2. The molecule has 0 fully saturated rings. The van der Waals surface area contributed by atoms with Crippen LogP contribution in [0.1, 0.15) is 82.3 Å². The van der Waals surface area contributed by atoms with E-state index < -0.39 is 17.8 Å². The average molecular weight is 460 g/mol. The maximum atomic E-state index is 12.9. The van der Waals surface area contributed by atoms with Crippen molar-refractivity contribution in [3.05, 3.63) is 34.9 Å². The van der Waals surface area contributed by atoms with Crippen molar-refractivity contribution in [2.45, 2.75) is 72.8 Å². The SMILES string of the molecule is C/C(CC(=O)c1ccc2c(c1)CCN(C(=O)O)CC2C(C)(C)C)=N/N(C)C(=O)OC(C)(C)C. The van der Waals surface area contributed by atoms with Crippen LogP contribution in [-0.2, 0) is 11.2 Å². The third kappa shape index (κ3) is 7.30. The van der Waals surface area contributed by atoms with Crippen LogP contribution in [0.4, 0.5) is 9.59 Å². The molecule has 1 aromatic rings. The number of benzene rings is 1. The maximum Gasteiger partial charge on any atom is 0.430 e. The van der Waals surface area contributed by atoms with Gasteiger partial charge in [0.2, 0.25) is 0 Å². The molecule has 1 heterocycles. The second kappa shape index (κ2) is 9.93. The number of rotatable bonds is 4. The molecule has 8 heteroatoms. The lowest BCUT2D eigenvalue weighted by atomic mass is 9.74. The summed E-state index contributed by atoms with van der Waals surface area (Å²) in [5, 5.41) is 14.8. The zero-order valence-electron chi connectivity index (χ0n) is 21.1. The molecule has 0 saturated carbocycles. The van der Waals surface area contributed by atoms with Gasteiger partial charge >= 0.3 is 12.2 Å². The molecule has 1 N–H and O–H groups in total. The summed E-state index contributed by atoms with van der Waals surface area (Å²) in [6.45, 7) is 14.2. The Morgan fingerprint density at radius 2 is 1.82 bits per heavy atom. The van der Waals surface area contributed by atoms with Crippen LogP contribution in [0, 0.1) is 5.41 Å². The van der Waals surface area contributed by atoms with Crippen molar-refractivity contribution in [2.24, 2.45) is 10.5 Å². The lowest BCUT2D eigenvalue weighted by molar-refractivity contribution is 0.0302. The van der Waals surface area contributed by atoms with E-state index in [-0.39, 0.29) is 23.5 Å². The van der Waals surface area contributed by atoms with Crippen molar-refractivity contribution in [3.8, 4) is 0 Å². The van der Waals surface area contributed by atoms with Crippen molar-refractivity contribution < 1.29 is 24.2 Å². The van der Waals surface area contributed by atoms with Crippen LogP contribution in [0.2, 0.25) is 0 Å². The number of fused-ring (bicyclic) bond motifs is 1. The van der Waals surface area contributed by atoms with Gasteiger partial charge in [-0.3, -0.25) is 4.79 Å². The minimum Gasteiger partial charge on any atom is -0.465 e. The number of nitrogens with zero attached hydrogens (tertiary/aromatic N) is 3. The Morgan fingerprint density at radius 1 is 1.18 bits per heavy atom. The zero-order chi connectivity index (χ0) is 25.1. The minimum absolute atomic E-state index is 0.0287. The summed E-state index contributed by atoms with van der Waals surface area (Å²) in [6, 6.07) is 5.65. The molecule has 0 aliphatic carbocycles. The third-order valence-electron chi connectivity index (χ3n) is 5.61.